The van der Waals surface area contributed by atoms with Crippen LogP contribution >= 0.6 is 0 Å². The van der Waals surface area contributed by atoms with Crippen molar-refractivity contribution >= 4 is 5.78 Å². The molecular formula is C13H18O4. The molecule has 0 aliphatic carbocycles. The van der Waals surface area contributed by atoms with Crippen LogP contribution in [0.5, 0.6) is 11.5 Å². The minimum absolute atomic E-state index is 0.0586. The van der Waals surface area contributed by atoms with Gasteiger partial charge >= 0.3 is 0 Å². The average molecular weight is 238 g/mol. The van der Waals surface area contributed by atoms with E-state index >= 15 is 0 Å². The quantitative estimate of drug-likeness (QED) is 0.701. The Hall–Kier alpha value is -1.55. The van der Waals surface area contributed by atoms with Gasteiger partial charge in [0.1, 0.15) is 11.5 Å². The third-order valence-corrected chi connectivity index (χ3v) is 2.58. The van der Waals surface area contributed by atoms with Crippen LogP contribution in [0.4, 0.5) is 0 Å². The number of phenols is 2. The van der Waals surface area contributed by atoms with Crippen LogP contribution < -0.4 is 0 Å². The predicted molar refractivity (Wildman–Crippen MR) is 64.4 cm³/mol. The molecule has 1 aromatic carbocycles. The molecule has 0 unspecified atom stereocenters. The first kappa shape index (κ1) is 13.5. The van der Waals surface area contributed by atoms with Gasteiger partial charge in [0.05, 0.1) is 11.2 Å². The minimum atomic E-state index is -0.833. The first-order chi connectivity index (χ1) is 7.70. The van der Waals surface area contributed by atoms with E-state index in [0.29, 0.717) is 18.4 Å². The molecule has 3 N–H and O–H groups in total. The van der Waals surface area contributed by atoms with E-state index in [1.807, 2.05) is 0 Å². The normalized spacial score (nSPS) is 11.5. The molecule has 0 atom stereocenters. The number of hydrogen-bond acceptors (Lipinski definition) is 4. The summed E-state index contributed by atoms with van der Waals surface area (Å²) in [5, 5.41) is 28.7. The summed E-state index contributed by atoms with van der Waals surface area (Å²) in [6, 6.07) is 2.63. The lowest BCUT2D eigenvalue weighted by atomic mass is 9.96. The fourth-order valence-corrected chi connectivity index (χ4v) is 1.54. The highest BCUT2D eigenvalue weighted by atomic mass is 16.3. The molecule has 17 heavy (non-hydrogen) atoms. The number of hydrogen-bond donors (Lipinski definition) is 3. The number of benzene rings is 1. The highest BCUT2D eigenvalue weighted by molar-refractivity contribution is 5.97. The van der Waals surface area contributed by atoms with Gasteiger partial charge in [-0.2, -0.15) is 0 Å². The number of aliphatic hydroxyl groups is 1. The molecule has 0 saturated heterocycles. The second kappa shape index (κ2) is 4.75. The summed E-state index contributed by atoms with van der Waals surface area (Å²) in [5.41, 5.74) is -0.0931. The van der Waals surface area contributed by atoms with Crippen LogP contribution in [0.1, 0.15) is 43.1 Å². The SMILES string of the molecule is CC(=O)c1cc(CCC(C)(C)O)c(O)cc1O. The first-order valence-electron chi connectivity index (χ1n) is 5.49. The smallest absolute Gasteiger partial charge is 0.163 e. The minimum Gasteiger partial charge on any atom is -0.508 e. The zero-order chi connectivity index (χ0) is 13.2. The molecule has 1 rings (SSSR count). The zero-order valence-electron chi connectivity index (χ0n) is 10.3. The highest BCUT2D eigenvalue weighted by Crippen LogP contribution is 2.29. The van der Waals surface area contributed by atoms with Crippen molar-refractivity contribution in [1.29, 1.82) is 0 Å². The summed E-state index contributed by atoms with van der Waals surface area (Å²) in [6.45, 7) is 4.71. The first-order valence-corrected chi connectivity index (χ1v) is 5.49. The second-order valence-corrected chi connectivity index (χ2v) is 4.87. The number of aromatic hydroxyl groups is 2. The summed E-state index contributed by atoms with van der Waals surface area (Å²) in [7, 11) is 0. The van der Waals surface area contributed by atoms with Crippen LogP contribution in [0.25, 0.3) is 0 Å². The van der Waals surface area contributed by atoms with E-state index in [1.54, 1.807) is 13.8 Å². The van der Waals surface area contributed by atoms with Crippen molar-refractivity contribution < 1.29 is 20.1 Å². The van der Waals surface area contributed by atoms with E-state index in [-0.39, 0.29) is 22.8 Å². The van der Waals surface area contributed by atoms with E-state index in [0.717, 1.165) is 6.07 Å². The topological polar surface area (TPSA) is 77.8 Å². The predicted octanol–water partition coefficient (Wildman–Crippen LogP) is 2.00. The lowest BCUT2D eigenvalue weighted by Gasteiger charge is -2.17. The molecule has 0 radical (unpaired) electrons. The number of aryl methyl sites for hydroxylation is 1. The Kier molecular flexibility index (Phi) is 3.78. The Morgan fingerprint density at radius 2 is 1.82 bits per heavy atom. The number of carbonyl (C=O) groups is 1. The van der Waals surface area contributed by atoms with Crippen molar-refractivity contribution in [2.75, 3.05) is 0 Å². The summed E-state index contributed by atoms with van der Waals surface area (Å²) >= 11 is 0. The molecule has 0 aromatic heterocycles. The van der Waals surface area contributed by atoms with E-state index in [4.69, 9.17) is 0 Å². The molecule has 0 fully saturated rings. The van der Waals surface area contributed by atoms with Crippen LogP contribution in [0.15, 0.2) is 12.1 Å². The van der Waals surface area contributed by atoms with E-state index in [2.05, 4.69) is 0 Å². The molecule has 0 spiro atoms. The number of Topliss-reactive ketones (excluding diaryl/α,β-unsaturated/α-hetero) is 1. The van der Waals surface area contributed by atoms with Gasteiger partial charge in [-0.15, -0.1) is 0 Å². The van der Waals surface area contributed by atoms with Crippen LogP contribution in [-0.2, 0) is 6.42 Å². The molecule has 0 aliphatic heterocycles. The summed E-state index contributed by atoms with van der Waals surface area (Å²) in [4.78, 5) is 11.2. The van der Waals surface area contributed by atoms with Crippen molar-refractivity contribution in [3.05, 3.63) is 23.3 Å². The molecule has 4 heteroatoms. The number of ketones is 1. The Labute approximate surface area is 101 Å². The van der Waals surface area contributed by atoms with Crippen molar-refractivity contribution in [3.8, 4) is 11.5 Å². The van der Waals surface area contributed by atoms with Crippen LogP contribution in [-0.4, -0.2) is 26.7 Å². The molecule has 94 valence electrons. The number of carbonyl (C=O) groups excluding carboxylic acids is 1. The Morgan fingerprint density at radius 1 is 1.24 bits per heavy atom. The number of phenolic OH excluding ortho intramolecular Hbond substituents is 2. The Balaban J connectivity index is 3.00. The average Bonchev–Trinajstić information content (AvgIpc) is 2.14. The van der Waals surface area contributed by atoms with Crippen molar-refractivity contribution in [1.82, 2.24) is 0 Å². The fourth-order valence-electron chi connectivity index (χ4n) is 1.54. The van der Waals surface area contributed by atoms with Gasteiger partial charge < -0.3 is 15.3 Å². The molecular weight excluding hydrogens is 220 g/mol. The maximum Gasteiger partial charge on any atom is 0.163 e. The van der Waals surface area contributed by atoms with Gasteiger partial charge in [0, 0.05) is 6.07 Å². The molecule has 0 heterocycles. The summed E-state index contributed by atoms with van der Waals surface area (Å²) in [5.74, 6) is -0.536. The van der Waals surface area contributed by atoms with Crippen LogP contribution in [0.2, 0.25) is 0 Å². The molecule has 1 aromatic rings. The third kappa shape index (κ3) is 3.75. The fraction of sp³-hybridized carbons (Fsp3) is 0.462. The summed E-state index contributed by atoms with van der Waals surface area (Å²) < 4.78 is 0. The zero-order valence-corrected chi connectivity index (χ0v) is 10.3. The molecule has 0 aliphatic rings. The molecule has 0 bridgehead atoms. The van der Waals surface area contributed by atoms with Crippen molar-refractivity contribution in [3.63, 3.8) is 0 Å². The number of rotatable bonds is 4. The van der Waals surface area contributed by atoms with E-state index in [1.165, 1.54) is 13.0 Å². The second-order valence-electron chi connectivity index (χ2n) is 4.87. The largest absolute Gasteiger partial charge is 0.508 e. The maximum atomic E-state index is 11.2. The van der Waals surface area contributed by atoms with Gasteiger partial charge in [0.15, 0.2) is 5.78 Å². The van der Waals surface area contributed by atoms with Crippen molar-refractivity contribution in [2.45, 2.75) is 39.2 Å². The monoisotopic (exact) mass is 238 g/mol. The van der Waals surface area contributed by atoms with Crippen LogP contribution in [0.3, 0.4) is 0 Å². The summed E-state index contributed by atoms with van der Waals surface area (Å²) in [6.07, 6.45) is 0.901. The van der Waals surface area contributed by atoms with E-state index in [9.17, 15) is 20.1 Å². The Bertz CT molecular complexity index is 430. The third-order valence-electron chi connectivity index (χ3n) is 2.58. The lowest BCUT2D eigenvalue weighted by molar-refractivity contribution is 0.0712. The molecule has 0 saturated carbocycles. The van der Waals surface area contributed by atoms with E-state index < -0.39 is 5.60 Å². The molecule has 0 amide bonds. The van der Waals surface area contributed by atoms with Gasteiger partial charge in [-0.25, -0.2) is 0 Å². The molecule has 4 nitrogen and oxygen atoms in total. The standard InChI is InChI=1S/C13H18O4/c1-8(14)10-6-9(4-5-13(2,3)17)11(15)7-12(10)16/h6-7,15-17H,4-5H2,1-3H3. The van der Waals surface area contributed by atoms with Crippen molar-refractivity contribution in [2.24, 2.45) is 0 Å². The van der Waals surface area contributed by atoms with Gasteiger partial charge in [-0.3, -0.25) is 4.79 Å². The lowest BCUT2D eigenvalue weighted by Crippen LogP contribution is -2.19. The van der Waals surface area contributed by atoms with Gasteiger partial charge in [0.25, 0.3) is 0 Å². The Morgan fingerprint density at radius 3 is 2.29 bits per heavy atom. The van der Waals surface area contributed by atoms with Gasteiger partial charge in [-0.05, 0) is 45.2 Å². The van der Waals surface area contributed by atoms with Crippen LogP contribution in [0, 0.1) is 0 Å². The highest BCUT2D eigenvalue weighted by Gasteiger charge is 2.16. The van der Waals surface area contributed by atoms with Gasteiger partial charge in [-0.1, -0.05) is 0 Å². The maximum absolute atomic E-state index is 11.2. The van der Waals surface area contributed by atoms with Gasteiger partial charge in [0.2, 0.25) is 0 Å².